The molecular weight excluding hydrogens is 258 g/mol. The smallest absolute Gasteiger partial charge is 0.0445 e. The van der Waals surface area contributed by atoms with Crippen molar-refractivity contribution < 1.29 is 0 Å². The van der Waals surface area contributed by atoms with Gasteiger partial charge in [-0.25, -0.2) is 0 Å². The number of hydrogen-bond donors (Lipinski definition) is 1. The first-order chi connectivity index (χ1) is 10.1. The predicted octanol–water partition coefficient (Wildman–Crippen LogP) is 3.91. The summed E-state index contributed by atoms with van der Waals surface area (Å²) in [7, 11) is 0. The van der Waals surface area contributed by atoms with Gasteiger partial charge in [0.2, 0.25) is 0 Å². The Labute approximate surface area is 130 Å². The van der Waals surface area contributed by atoms with Crippen LogP contribution in [0.3, 0.4) is 0 Å². The lowest BCUT2D eigenvalue weighted by Gasteiger charge is -2.42. The molecule has 2 rings (SSSR count). The minimum absolute atomic E-state index is 0.584. The van der Waals surface area contributed by atoms with Gasteiger partial charge in [0.1, 0.15) is 0 Å². The van der Waals surface area contributed by atoms with Crippen molar-refractivity contribution >= 4 is 5.69 Å². The SMILES string of the molecule is CCNCc1cnc(C)cc1N1CCC(CC)(CC)CC1. The van der Waals surface area contributed by atoms with Crippen LogP contribution in [0, 0.1) is 12.3 Å². The molecule has 0 saturated carbocycles. The third-order valence-corrected chi connectivity index (χ3v) is 5.33. The van der Waals surface area contributed by atoms with E-state index in [1.165, 1.54) is 50.0 Å². The van der Waals surface area contributed by atoms with E-state index in [1.54, 1.807) is 0 Å². The van der Waals surface area contributed by atoms with Crippen molar-refractivity contribution in [2.24, 2.45) is 5.41 Å². The predicted molar refractivity (Wildman–Crippen MR) is 90.8 cm³/mol. The molecule has 1 fully saturated rings. The van der Waals surface area contributed by atoms with Crippen molar-refractivity contribution in [3.05, 3.63) is 23.5 Å². The normalized spacial score (nSPS) is 18.0. The standard InChI is InChI=1S/C18H31N3/c1-5-18(6-2)8-10-21(11-9-18)17-12-15(4)20-14-16(17)13-19-7-3/h12,14,19H,5-11,13H2,1-4H3. The van der Waals surface area contributed by atoms with Gasteiger partial charge in [-0.05, 0) is 37.8 Å². The molecule has 118 valence electrons. The van der Waals surface area contributed by atoms with Gasteiger partial charge in [0.05, 0.1) is 0 Å². The molecule has 0 bridgehead atoms. The number of pyridine rings is 1. The van der Waals surface area contributed by atoms with E-state index in [9.17, 15) is 0 Å². The number of nitrogens with zero attached hydrogens (tertiary/aromatic N) is 2. The van der Waals surface area contributed by atoms with Gasteiger partial charge in [0.25, 0.3) is 0 Å². The second-order valence-electron chi connectivity index (χ2n) is 6.43. The fourth-order valence-corrected chi connectivity index (χ4v) is 3.44. The lowest BCUT2D eigenvalue weighted by atomic mass is 9.74. The molecule has 1 aliphatic rings. The summed E-state index contributed by atoms with van der Waals surface area (Å²) in [6.45, 7) is 13.2. The first-order valence-electron chi connectivity index (χ1n) is 8.55. The topological polar surface area (TPSA) is 28.2 Å². The van der Waals surface area contributed by atoms with Gasteiger partial charge in [-0.1, -0.05) is 33.6 Å². The fraction of sp³-hybridized carbons (Fsp3) is 0.722. The van der Waals surface area contributed by atoms with Crippen LogP contribution in [0.1, 0.15) is 57.7 Å². The van der Waals surface area contributed by atoms with Crippen LogP contribution in [0.15, 0.2) is 12.3 Å². The summed E-state index contributed by atoms with van der Waals surface area (Å²) >= 11 is 0. The highest BCUT2D eigenvalue weighted by atomic mass is 15.1. The molecule has 2 heterocycles. The summed E-state index contributed by atoms with van der Waals surface area (Å²) in [6, 6.07) is 2.26. The van der Waals surface area contributed by atoms with E-state index in [0.717, 1.165) is 18.8 Å². The summed E-state index contributed by atoms with van der Waals surface area (Å²) < 4.78 is 0. The third-order valence-electron chi connectivity index (χ3n) is 5.33. The maximum Gasteiger partial charge on any atom is 0.0445 e. The second-order valence-corrected chi connectivity index (χ2v) is 6.43. The minimum Gasteiger partial charge on any atom is -0.371 e. The molecule has 21 heavy (non-hydrogen) atoms. The molecule has 0 spiro atoms. The zero-order valence-electron chi connectivity index (χ0n) is 14.2. The number of hydrogen-bond acceptors (Lipinski definition) is 3. The molecule has 0 unspecified atom stereocenters. The van der Waals surface area contributed by atoms with Gasteiger partial charge >= 0.3 is 0 Å². The highest BCUT2D eigenvalue weighted by Gasteiger charge is 2.31. The van der Waals surface area contributed by atoms with Gasteiger partial charge in [-0.15, -0.1) is 0 Å². The van der Waals surface area contributed by atoms with Crippen molar-refractivity contribution in [3.8, 4) is 0 Å². The summed E-state index contributed by atoms with van der Waals surface area (Å²) in [5, 5.41) is 3.44. The summed E-state index contributed by atoms with van der Waals surface area (Å²) in [6.07, 6.45) is 7.33. The summed E-state index contributed by atoms with van der Waals surface area (Å²) in [5.74, 6) is 0. The Bertz CT molecular complexity index is 442. The number of nitrogens with one attached hydrogen (secondary N) is 1. The van der Waals surface area contributed by atoms with Crippen LogP contribution in [0.4, 0.5) is 5.69 Å². The maximum absolute atomic E-state index is 4.48. The van der Waals surface area contributed by atoms with E-state index in [-0.39, 0.29) is 0 Å². The van der Waals surface area contributed by atoms with E-state index in [1.807, 2.05) is 0 Å². The van der Waals surface area contributed by atoms with Crippen LogP contribution in [0.5, 0.6) is 0 Å². The largest absolute Gasteiger partial charge is 0.371 e. The van der Waals surface area contributed by atoms with Crippen LogP contribution in [-0.4, -0.2) is 24.6 Å². The quantitative estimate of drug-likeness (QED) is 0.860. The van der Waals surface area contributed by atoms with Crippen LogP contribution >= 0.6 is 0 Å². The Balaban J connectivity index is 2.13. The van der Waals surface area contributed by atoms with Crippen molar-refractivity contribution in [2.45, 2.75) is 59.9 Å². The third kappa shape index (κ3) is 3.76. The minimum atomic E-state index is 0.584. The van der Waals surface area contributed by atoms with Crippen LogP contribution in [0.25, 0.3) is 0 Å². The molecule has 0 aromatic carbocycles. The summed E-state index contributed by atoms with van der Waals surface area (Å²) in [5.41, 5.74) is 4.43. The average molecular weight is 289 g/mol. The van der Waals surface area contributed by atoms with Crippen molar-refractivity contribution in [3.63, 3.8) is 0 Å². The molecule has 1 aromatic rings. The van der Waals surface area contributed by atoms with Crippen LogP contribution in [-0.2, 0) is 6.54 Å². The van der Waals surface area contributed by atoms with E-state index in [0.29, 0.717) is 5.41 Å². The lowest BCUT2D eigenvalue weighted by molar-refractivity contribution is 0.199. The van der Waals surface area contributed by atoms with Gasteiger partial charge in [-0.2, -0.15) is 0 Å². The highest BCUT2D eigenvalue weighted by molar-refractivity contribution is 5.54. The molecule has 3 nitrogen and oxygen atoms in total. The Morgan fingerprint density at radius 1 is 1.19 bits per heavy atom. The van der Waals surface area contributed by atoms with E-state index in [2.05, 4.69) is 55.2 Å². The number of anilines is 1. The molecule has 1 aliphatic heterocycles. The van der Waals surface area contributed by atoms with Crippen LogP contribution < -0.4 is 10.2 Å². The van der Waals surface area contributed by atoms with Crippen molar-refractivity contribution in [2.75, 3.05) is 24.5 Å². The summed E-state index contributed by atoms with van der Waals surface area (Å²) in [4.78, 5) is 7.06. The first-order valence-corrected chi connectivity index (χ1v) is 8.55. The molecule has 0 radical (unpaired) electrons. The van der Waals surface area contributed by atoms with Crippen LogP contribution in [0.2, 0.25) is 0 Å². The van der Waals surface area contributed by atoms with Gasteiger partial charge in [0.15, 0.2) is 0 Å². The second kappa shape index (κ2) is 7.26. The zero-order chi connectivity index (χ0) is 15.3. The van der Waals surface area contributed by atoms with E-state index in [4.69, 9.17) is 0 Å². The first kappa shape index (κ1) is 16.3. The zero-order valence-corrected chi connectivity index (χ0v) is 14.2. The number of aryl methyl sites for hydroxylation is 1. The lowest BCUT2D eigenvalue weighted by Crippen LogP contribution is -2.40. The van der Waals surface area contributed by atoms with Gasteiger partial charge in [0, 0.05) is 42.8 Å². The number of rotatable bonds is 6. The van der Waals surface area contributed by atoms with Gasteiger partial charge in [-0.3, -0.25) is 4.98 Å². The molecule has 1 aromatic heterocycles. The molecule has 1 N–H and O–H groups in total. The molecular formula is C18H31N3. The van der Waals surface area contributed by atoms with E-state index < -0.39 is 0 Å². The number of piperidine rings is 1. The maximum atomic E-state index is 4.48. The molecule has 0 aliphatic carbocycles. The van der Waals surface area contributed by atoms with Crippen molar-refractivity contribution in [1.82, 2.24) is 10.3 Å². The average Bonchev–Trinajstić information content (AvgIpc) is 2.54. The number of aromatic nitrogens is 1. The van der Waals surface area contributed by atoms with Gasteiger partial charge < -0.3 is 10.2 Å². The molecule has 3 heteroatoms. The fourth-order valence-electron chi connectivity index (χ4n) is 3.44. The monoisotopic (exact) mass is 289 g/mol. The Kier molecular flexibility index (Phi) is 5.63. The highest BCUT2D eigenvalue weighted by Crippen LogP contribution is 2.39. The molecule has 0 atom stereocenters. The Morgan fingerprint density at radius 3 is 2.43 bits per heavy atom. The van der Waals surface area contributed by atoms with E-state index >= 15 is 0 Å². The Hall–Kier alpha value is -1.09. The van der Waals surface area contributed by atoms with Crippen molar-refractivity contribution in [1.29, 1.82) is 0 Å². The molecule has 0 amide bonds. The molecule has 1 saturated heterocycles. The Morgan fingerprint density at radius 2 is 1.86 bits per heavy atom.